The van der Waals surface area contributed by atoms with Crippen molar-refractivity contribution in [1.82, 2.24) is 24.8 Å². The molecule has 1 amide bonds. The third-order valence-electron chi connectivity index (χ3n) is 5.04. The number of rotatable bonds is 5. The van der Waals surface area contributed by atoms with Crippen LogP contribution in [0.3, 0.4) is 0 Å². The Morgan fingerprint density at radius 2 is 1.85 bits per heavy atom. The van der Waals surface area contributed by atoms with Gasteiger partial charge >= 0.3 is 0 Å². The van der Waals surface area contributed by atoms with Gasteiger partial charge in [-0.2, -0.15) is 0 Å². The summed E-state index contributed by atoms with van der Waals surface area (Å²) in [5.41, 5.74) is 2.77. The molecule has 2 aromatic heterocycles. The Balaban J connectivity index is 1.37. The molecule has 1 N–H and O–H groups in total. The van der Waals surface area contributed by atoms with Crippen LogP contribution in [0.25, 0.3) is 11.0 Å². The van der Waals surface area contributed by atoms with Crippen molar-refractivity contribution < 1.29 is 4.79 Å². The lowest BCUT2D eigenvalue weighted by Gasteiger charge is -2.11. The molecule has 1 fully saturated rings. The summed E-state index contributed by atoms with van der Waals surface area (Å²) < 4.78 is 1.53. The number of carbonyl (C=O) groups excluding carboxylic acids is 1. The molecule has 1 aliphatic rings. The standard InChI is InChI=1S/C20H21N5O2/c26-19-12-17(14-3-1-2-4-14)24-13-25(19)10-9-23-20(27)15-5-6-16-18(11-15)22-8-7-21-16/h5-8,11-14H,1-4,9-10H2,(H,23,27). The zero-order valence-electron chi connectivity index (χ0n) is 15.0. The van der Waals surface area contributed by atoms with Crippen LogP contribution in [0.2, 0.25) is 0 Å². The van der Waals surface area contributed by atoms with E-state index < -0.39 is 0 Å². The van der Waals surface area contributed by atoms with Crippen LogP contribution in [0.5, 0.6) is 0 Å². The molecule has 1 saturated carbocycles. The lowest BCUT2D eigenvalue weighted by Crippen LogP contribution is -2.31. The highest BCUT2D eigenvalue weighted by atomic mass is 16.1. The van der Waals surface area contributed by atoms with Crippen LogP contribution in [0.1, 0.15) is 47.7 Å². The number of hydrogen-bond acceptors (Lipinski definition) is 5. The Labute approximate surface area is 156 Å². The number of amides is 1. The summed E-state index contributed by atoms with van der Waals surface area (Å²) in [5.74, 6) is 0.217. The van der Waals surface area contributed by atoms with Crippen molar-refractivity contribution in [3.05, 3.63) is 64.6 Å². The smallest absolute Gasteiger partial charge is 0.253 e. The summed E-state index contributed by atoms with van der Waals surface area (Å²) in [6.07, 6.45) is 9.45. The molecule has 138 valence electrons. The molecule has 0 saturated heterocycles. The van der Waals surface area contributed by atoms with Gasteiger partial charge in [-0.3, -0.25) is 24.1 Å². The first-order valence-electron chi connectivity index (χ1n) is 9.26. The highest BCUT2D eigenvalue weighted by Crippen LogP contribution is 2.32. The number of aromatic nitrogens is 4. The Bertz CT molecular complexity index is 1020. The maximum atomic E-state index is 12.3. The Morgan fingerprint density at radius 1 is 1.07 bits per heavy atom. The highest BCUT2D eigenvalue weighted by Gasteiger charge is 2.18. The van der Waals surface area contributed by atoms with Gasteiger partial charge in [0.05, 0.1) is 23.1 Å². The first kappa shape index (κ1) is 17.3. The number of carbonyl (C=O) groups is 1. The van der Waals surface area contributed by atoms with Crippen LogP contribution in [0, 0.1) is 0 Å². The SMILES string of the molecule is O=C(NCCn1cnc(C2CCCC2)cc1=O)c1ccc2nccnc2c1. The van der Waals surface area contributed by atoms with Crippen molar-refractivity contribution in [2.75, 3.05) is 6.54 Å². The summed E-state index contributed by atoms with van der Waals surface area (Å²) >= 11 is 0. The number of nitrogens with zero attached hydrogens (tertiary/aromatic N) is 4. The molecule has 0 radical (unpaired) electrons. The minimum absolute atomic E-state index is 0.0675. The van der Waals surface area contributed by atoms with E-state index in [2.05, 4.69) is 20.3 Å². The zero-order valence-corrected chi connectivity index (χ0v) is 15.0. The summed E-state index contributed by atoms with van der Waals surface area (Å²) in [6, 6.07) is 6.84. The predicted octanol–water partition coefficient (Wildman–Crippen LogP) is 2.27. The minimum Gasteiger partial charge on any atom is -0.350 e. The lowest BCUT2D eigenvalue weighted by atomic mass is 10.0. The number of hydrogen-bond donors (Lipinski definition) is 1. The molecule has 27 heavy (non-hydrogen) atoms. The van der Waals surface area contributed by atoms with Crippen molar-refractivity contribution in [2.24, 2.45) is 0 Å². The predicted molar refractivity (Wildman–Crippen MR) is 102 cm³/mol. The fourth-order valence-electron chi connectivity index (χ4n) is 3.55. The highest BCUT2D eigenvalue weighted by molar-refractivity contribution is 5.97. The third kappa shape index (κ3) is 3.86. The Hall–Kier alpha value is -3.09. The van der Waals surface area contributed by atoms with E-state index in [0.29, 0.717) is 30.1 Å². The van der Waals surface area contributed by atoms with Crippen molar-refractivity contribution in [3.63, 3.8) is 0 Å². The minimum atomic E-state index is -0.203. The second-order valence-electron chi connectivity index (χ2n) is 6.84. The molecule has 4 rings (SSSR count). The summed E-state index contributed by atoms with van der Waals surface area (Å²) in [4.78, 5) is 37.5. The summed E-state index contributed by atoms with van der Waals surface area (Å²) in [5, 5.41) is 2.83. The maximum absolute atomic E-state index is 12.3. The van der Waals surface area contributed by atoms with Crippen molar-refractivity contribution in [3.8, 4) is 0 Å². The van der Waals surface area contributed by atoms with E-state index in [9.17, 15) is 9.59 Å². The van der Waals surface area contributed by atoms with Crippen LogP contribution >= 0.6 is 0 Å². The van der Waals surface area contributed by atoms with Crippen LogP contribution in [-0.4, -0.2) is 32.0 Å². The molecule has 7 nitrogen and oxygen atoms in total. The van der Waals surface area contributed by atoms with E-state index in [1.165, 1.54) is 17.4 Å². The van der Waals surface area contributed by atoms with Crippen LogP contribution in [0.4, 0.5) is 0 Å². The van der Waals surface area contributed by atoms with Gasteiger partial charge in [-0.1, -0.05) is 12.8 Å². The Morgan fingerprint density at radius 3 is 2.63 bits per heavy atom. The number of fused-ring (bicyclic) bond motifs is 1. The molecule has 1 aromatic carbocycles. The fourth-order valence-corrected chi connectivity index (χ4v) is 3.55. The quantitative estimate of drug-likeness (QED) is 0.751. The van der Waals surface area contributed by atoms with E-state index >= 15 is 0 Å². The van der Waals surface area contributed by atoms with E-state index in [4.69, 9.17) is 0 Å². The average Bonchev–Trinajstić information content (AvgIpc) is 3.23. The van der Waals surface area contributed by atoms with Gasteiger partial charge in [-0.25, -0.2) is 4.98 Å². The van der Waals surface area contributed by atoms with E-state index in [-0.39, 0.29) is 11.5 Å². The van der Waals surface area contributed by atoms with Gasteiger partial charge in [0.1, 0.15) is 0 Å². The summed E-state index contributed by atoms with van der Waals surface area (Å²) in [6.45, 7) is 0.734. The first-order chi connectivity index (χ1) is 13.2. The van der Waals surface area contributed by atoms with Gasteiger partial charge in [0, 0.05) is 43.0 Å². The summed E-state index contributed by atoms with van der Waals surface area (Å²) in [7, 11) is 0. The third-order valence-corrected chi connectivity index (χ3v) is 5.04. The van der Waals surface area contributed by atoms with Gasteiger partial charge in [0.15, 0.2) is 0 Å². The maximum Gasteiger partial charge on any atom is 0.253 e. The second kappa shape index (κ2) is 7.65. The van der Waals surface area contributed by atoms with Crippen LogP contribution in [0.15, 0.2) is 47.8 Å². The molecule has 0 spiro atoms. The molecule has 2 heterocycles. The molecule has 0 atom stereocenters. The molecular formula is C20H21N5O2. The van der Waals surface area contributed by atoms with Gasteiger partial charge in [0.25, 0.3) is 11.5 Å². The van der Waals surface area contributed by atoms with Gasteiger partial charge < -0.3 is 5.32 Å². The molecule has 1 aliphatic carbocycles. The number of nitrogens with one attached hydrogen (secondary N) is 1. The second-order valence-corrected chi connectivity index (χ2v) is 6.84. The van der Waals surface area contributed by atoms with Crippen molar-refractivity contribution in [2.45, 2.75) is 38.1 Å². The monoisotopic (exact) mass is 363 g/mol. The first-order valence-corrected chi connectivity index (χ1v) is 9.26. The van der Waals surface area contributed by atoms with E-state index in [1.54, 1.807) is 43.0 Å². The van der Waals surface area contributed by atoms with Crippen molar-refractivity contribution >= 4 is 16.9 Å². The van der Waals surface area contributed by atoms with E-state index in [1.807, 2.05) is 0 Å². The number of benzene rings is 1. The van der Waals surface area contributed by atoms with Crippen LogP contribution in [-0.2, 0) is 6.54 Å². The lowest BCUT2D eigenvalue weighted by molar-refractivity contribution is 0.0952. The normalized spacial score (nSPS) is 14.5. The fraction of sp³-hybridized carbons (Fsp3) is 0.350. The Kier molecular flexibility index (Phi) is 4.91. The molecule has 7 heteroatoms. The van der Waals surface area contributed by atoms with Gasteiger partial charge in [0.2, 0.25) is 0 Å². The van der Waals surface area contributed by atoms with E-state index in [0.717, 1.165) is 24.1 Å². The molecule has 0 unspecified atom stereocenters. The van der Waals surface area contributed by atoms with Gasteiger partial charge in [-0.15, -0.1) is 0 Å². The average molecular weight is 363 g/mol. The molecule has 0 aliphatic heterocycles. The molecule has 3 aromatic rings. The molecular weight excluding hydrogens is 342 g/mol. The molecule has 0 bridgehead atoms. The zero-order chi connectivity index (χ0) is 18.6. The topological polar surface area (TPSA) is 89.8 Å². The van der Waals surface area contributed by atoms with Crippen LogP contribution < -0.4 is 10.9 Å². The largest absolute Gasteiger partial charge is 0.350 e. The van der Waals surface area contributed by atoms with Gasteiger partial charge in [-0.05, 0) is 31.0 Å². The van der Waals surface area contributed by atoms with Crippen molar-refractivity contribution in [1.29, 1.82) is 0 Å².